The van der Waals surface area contributed by atoms with Gasteiger partial charge in [0.1, 0.15) is 0 Å². The quantitative estimate of drug-likeness (QED) is 0.178. The third-order valence-corrected chi connectivity index (χ3v) is 11.2. The second-order valence-corrected chi connectivity index (χ2v) is 15.2. The molecule has 3 aromatic heterocycles. The van der Waals surface area contributed by atoms with Crippen LogP contribution in [0.5, 0.6) is 0 Å². The van der Waals surface area contributed by atoms with Gasteiger partial charge in [0.15, 0.2) is 0 Å². The van der Waals surface area contributed by atoms with Crippen molar-refractivity contribution in [1.82, 2.24) is 14.1 Å². The lowest BCUT2D eigenvalue weighted by Crippen LogP contribution is -2.02. The minimum absolute atomic E-state index is 0.602. The first kappa shape index (κ1) is 33.4. The summed E-state index contributed by atoms with van der Waals surface area (Å²) in [5.74, 6) is 0. The van der Waals surface area contributed by atoms with Crippen LogP contribution in [0.3, 0.4) is 0 Å². The van der Waals surface area contributed by atoms with E-state index in [1.54, 1.807) is 0 Å². The Morgan fingerprint density at radius 3 is 1.46 bits per heavy atom. The first-order chi connectivity index (χ1) is 27.3. The zero-order valence-corrected chi connectivity index (χ0v) is 31.8. The summed E-state index contributed by atoms with van der Waals surface area (Å²) in [6.45, 7) is 8.62. The molecule has 10 aromatic rings. The average molecular weight is 719 g/mol. The van der Waals surface area contributed by atoms with Crippen LogP contribution < -0.4 is 0 Å². The second kappa shape index (κ2) is 13.0. The molecule has 3 heterocycles. The van der Waals surface area contributed by atoms with E-state index in [4.69, 9.17) is 4.98 Å². The van der Waals surface area contributed by atoms with Crippen molar-refractivity contribution < 1.29 is 0 Å². The highest BCUT2D eigenvalue weighted by Crippen LogP contribution is 2.42. The molecule has 0 spiro atoms. The van der Waals surface area contributed by atoms with Gasteiger partial charge in [-0.3, -0.25) is 4.98 Å². The molecule has 266 valence electrons. The van der Waals surface area contributed by atoms with Crippen LogP contribution >= 0.6 is 0 Å². The van der Waals surface area contributed by atoms with Crippen LogP contribution in [0.2, 0.25) is 0 Å². The third-order valence-electron chi connectivity index (χ3n) is 11.2. The summed E-state index contributed by atoms with van der Waals surface area (Å²) >= 11 is 0. The van der Waals surface area contributed by atoms with Gasteiger partial charge in [0.2, 0.25) is 0 Å². The highest BCUT2D eigenvalue weighted by atomic mass is 15.0. The van der Waals surface area contributed by atoms with Gasteiger partial charge in [0.05, 0.1) is 51.3 Å². The lowest BCUT2D eigenvalue weighted by Gasteiger charge is -2.18. The molecule has 0 unspecified atom stereocenters. The van der Waals surface area contributed by atoms with Gasteiger partial charge in [-0.2, -0.15) is 5.26 Å². The van der Waals surface area contributed by atoms with Crippen LogP contribution in [0.15, 0.2) is 158 Å². The Bertz CT molecular complexity index is 3220. The normalized spacial score (nSPS) is 11.6. The summed E-state index contributed by atoms with van der Waals surface area (Å²) in [6.07, 6.45) is 3.82. The number of pyridine rings is 1. The number of benzene rings is 7. The summed E-state index contributed by atoms with van der Waals surface area (Å²) in [5.41, 5.74) is 18.7. The molecular formula is C52H38N4. The van der Waals surface area contributed by atoms with Crippen LogP contribution in [-0.4, -0.2) is 14.1 Å². The van der Waals surface area contributed by atoms with Crippen LogP contribution in [-0.2, 0) is 0 Å². The van der Waals surface area contributed by atoms with E-state index in [9.17, 15) is 5.26 Å². The Hall–Kier alpha value is -7.22. The average Bonchev–Trinajstić information content (AvgIpc) is 3.72. The van der Waals surface area contributed by atoms with Crippen molar-refractivity contribution in [2.45, 2.75) is 27.7 Å². The molecule has 0 saturated heterocycles. The summed E-state index contributed by atoms with van der Waals surface area (Å²) in [7, 11) is 0. The summed E-state index contributed by atoms with van der Waals surface area (Å²) < 4.78 is 4.70. The fourth-order valence-corrected chi connectivity index (χ4v) is 8.92. The van der Waals surface area contributed by atoms with E-state index in [0.29, 0.717) is 5.56 Å². The lowest BCUT2D eigenvalue weighted by atomic mass is 9.98. The summed E-state index contributed by atoms with van der Waals surface area (Å²) in [4.78, 5) is 4.72. The van der Waals surface area contributed by atoms with Crippen molar-refractivity contribution in [2.24, 2.45) is 0 Å². The molecule has 0 aliphatic heterocycles. The first-order valence-corrected chi connectivity index (χ1v) is 19.1. The van der Waals surface area contributed by atoms with Crippen molar-refractivity contribution in [3.63, 3.8) is 0 Å². The highest BCUT2D eigenvalue weighted by Gasteiger charge is 2.21. The Balaban J connectivity index is 1.22. The van der Waals surface area contributed by atoms with Crippen molar-refractivity contribution in [1.29, 1.82) is 5.26 Å². The standard InChI is InChI=1S/C52H38N4/c1-32-21-33(2)24-39(23-32)37-14-17-50-45(28-37)41-9-5-7-11-47(41)55(50)49-16-13-36(30-53)27-44(49)43-19-20-54-31-52(43)56-48-12-8-6-10-42(48)46-29-38(15-18-51(46)56)40-25-34(3)22-35(4)26-40/h5-29,31H,1-4H3. The number of hydrogen-bond acceptors (Lipinski definition) is 2. The number of fused-ring (bicyclic) bond motifs is 6. The van der Waals surface area contributed by atoms with Crippen LogP contribution in [0.25, 0.3) is 88.4 Å². The smallest absolute Gasteiger partial charge is 0.0991 e. The van der Waals surface area contributed by atoms with Crippen LogP contribution in [0, 0.1) is 39.0 Å². The maximum Gasteiger partial charge on any atom is 0.0991 e. The molecule has 0 bridgehead atoms. The molecular weight excluding hydrogens is 681 g/mol. The fraction of sp³-hybridized carbons (Fsp3) is 0.0769. The molecule has 4 heteroatoms. The lowest BCUT2D eigenvalue weighted by molar-refractivity contribution is 1.13. The van der Waals surface area contributed by atoms with Crippen molar-refractivity contribution in [2.75, 3.05) is 0 Å². The molecule has 10 rings (SSSR count). The Morgan fingerprint density at radius 1 is 0.429 bits per heavy atom. The molecule has 0 N–H and O–H groups in total. The Kier molecular flexibility index (Phi) is 7.73. The number of aryl methyl sites for hydroxylation is 4. The molecule has 0 radical (unpaired) electrons. The summed E-state index contributed by atoms with van der Waals surface area (Å²) in [5, 5.41) is 15.0. The van der Waals surface area contributed by atoms with E-state index in [1.165, 1.54) is 66.1 Å². The monoisotopic (exact) mass is 718 g/mol. The number of rotatable bonds is 5. The largest absolute Gasteiger partial charge is 0.309 e. The minimum Gasteiger partial charge on any atom is -0.309 e. The van der Waals surface area contributed by atoms with Crippen molar-refractivity contribution >= 4 is 43.6 Å². The Labute approximate surface area is 326 Å². The maximum absolute atomic E-state index is 10.3. The topological polar surface area (TPSA) is 46.5 Å². The van der Waals surface area contributed by atoms with Gasteiger partial charge in [-0.25, -0.2) is 0 Å². The summed E-state index contributed by atoms with van der Waals surface area (Å²) in [6, 6.07) is 54.9. The third kappa shape index (κ3) is 5.40. The molecule has 0 saturated carbocycles. The SMILES string of the molecule is Cc1cc(C)cc(-c2ccc3c(c2)c2ccccc2n3-c2ccc(C#N)cc2-c2ccncc2-n2c3ccccc3c3cc(-c4cc(C)cc(C)c4)ccc32)c1. The van der Waals surface area contributed by atoms with E-state index >= 15 is 0 Å². The molecule has 0 fully saturated rings. The van der Waals surface area contributed by atoms with Crippen molar-refractivity contribution in [3.8, 4) is 50.8 Å². The molecule has 0 aliphatic rings. The van der Waals surface area contributed by atoms with Gasteiger partial charge in [0.25, 0.3) is 0 Å². The van der Waals surface area contributed by atoms with Gasteiger partial charge in [-0.15, -0.1) is 0 Å². The van der Waals surface area contributed by atoms with Crippen LogP contribution in [0.4, 0.5) is 0 Å². The van der Waals surface area contributed by atoms with Crippen molar-refractivity contribution in [3.05, 3.63) is 186 Å². The Morgan fingerprint density at radius 2 is 0.929 bits per heavy atom. The van der Waals surface area contributed by atoms with Gasteiger partial charge < -0.3 is 9.13 Å². The van der Waals surface area contributed by atoms with Crippen LogP contribution in [0.1, 0.15) is 27.8 Å². The molecule has 56 heavy (non-hydrogen) atoms. The van der Waals surface area contributed by atoms with Gasteiger partial charge in [-0.1, -0.05) is 107 Å². The number of nitriles is 1. The van der Waals surface area contributed by atoms with E-state index in [2.05, 4.69) is 176 Å². The molecule has 0 amide bonds. The van der Waals surface area contributed by atoms with E-state index in [1.807, 2.05) is 24.5 Å². The van der Waals surface area contributed by atoms with E-state index in [-0.39, 0.29) is 0 Å². The number of nitrogens with zero attached hydrogens (tertiary/aromatic N) is 4. The molecule has 4 nitrogen and oxygen atoms in total. The highest BCUT2D eigenvalue weighted by molar-refractivity contribution is 6.12. The number of hydrogen-bond donors (Lipinski definition) is 0. The first-order valence-electron chi connectivity index (χ1n) is 19.1. The number of aromatic nitrogens is 3. The zero-order chi connectivity index (χ0) is 38.1. The molecule has 7 aromatic carbocycles. The van der Waals surface area contributed by atoms with Gasteiger partial charge in [-0.05, 0) is 111 Å². The zero-order valence-electron chi connectivity index (χ0n) is 31.8. The second-order valence-electron chi connectivity index (χ2n) is 15.2. The molecule has 0 atom stereocenters. The number of para-hydroxylation sites is 2. The maximum atomic E-state index is 10.3. The predicted molar refractivity (Wildman–Crippen MR) is 233 cm³/mol. The van der Waals surface area contributed by atoms with Gasteiger partial charge in [0, 0.05) is 38.9 Å². The van der Waals surface area contributed by atoms with E-state index < -0.39 is 0 Å². The predicted octanol–water partition coefficient (Wildman–Crippen LogP) is 13.4. The fourth-order valence-electron chi connectivity index (χ4n) is 8.92. The molecule has 0 aliphatic carbocycles. The van der Waals surface area contributed by atoms with Gasteiger partial charge >= 0.3 is 0 Å². The minimum atomic E-state index is 0.602. The van der Waals surface area contributed by atoms with E-state index in [0.717, 1.165) is 44.6 Å².